The van der Waals surface area contributed by atoms with Gasteiger partial charge in [0.1, 0.15) is 5.82 Å². The van der Waals surface area contributed by atoms with Crippen LogP contribution in [-0.2, 0) is 11.0 Å². The molecule has 0 radical (unpaired) electrons. The first kappa shape index (κ1) is 18.2. The minimum Gasteiger partial charge on any atom is -0.321 e. The lowest BCUT2D eigenvalue weighted by atomic mass is 9.47. The third-order valence-corrected chi connectivity index (χ3v) is 7.25. The molecule has 0 saturated carbocycles. The SMILES string of the molecule is Cc1nc2n(c1C)C(C)(C(C)(C)C)C(C)(C(C)(C)C)c1ncccc1-2. The van der Waals surface area contributed by atoms with Crippen molar-refractivity contribution in [2.24, 2.45) is 10.8 Å². The van der Waals surface area contributed by atoms with E-state index in [9.17, 15) is 0 Å². The maximum Gasteiger partial charge on any atom is 0.142 e. The zero-order valence-electron chi connectivity index (χ0n) is 17.6. The lowest BCUT2D eigenvalue weighted by Crippen LogP contribution is -2.64. The largest absolute Gasteiger partial charge is 0.321 e. The molecular formula is C22H33N3. The molecule has 3 nitrogen and oxygen atoms in total. The molecule has 1 aliphatic heterocycles. The van der Waals surface area contributed by atoms with Gasteiger partial charge in [-0.2, -0.15) is 0 Å². The fraction of sp³-hybridized carbons (Fsp3) is 0.636. The van der Waals surface area contributed by atoms with E-state index < -0.39 is 0 Å². The molecule has 2 atom stereocenters. The van der Waals surface area contributed by atoms with E-state index in [-0.39, 0.29) is 21.8 Å². The Morgan fingerprint density at radius 3 is 2.08 bits per heavy atom. The third kappa shape index (κ3) is 1.98. The van der Waals surface area contributed by atoms with Gasteiger partial charge in [0.25, 0.3) is 0 Å². The normalized spacial score (nSPS) is 26.3. The number of hydrogen-bond acceptors (Lipinski definition) is 2. The van der Waals surface area contributed by atoms with E-state index in [2.05, 4.69) is 79.9 Å². The predicted octanol–water partition coefficient (Wildman–Crippen LogP) is 5.64. The molecule has 136 valence electrons. The summed E-state index contributed by atoms with van der Waals surface area (Å²) < 4.78 is 2.51. The summed E-state index contributed by atoms with van der Waals surface area (Å²) in [6.07, 6.45) is 1.93. The monoisotopic (exact) mass is 339 g/mol. The summed E-state index contributed by atoms with van der Waals surface area (Å²) in [5.74, 6) is 1.07. The minimum absolute atomic E-state index is 0.0247. The number of rotatable bonds is 0. The van der Waals surface area contributed by atoms with E-state index in [4.69, 9.17) is 9.97 Å². The average Bonchev–Trinajstić information content (AvgIpc) is 2.78. The lowest BCUT2D eigenvalue weighted by Gasteiger charge is -2.62. The van der Waals surface area contributed by atoms with E-state index in [1.165, 1.54) is 17.0 Å². The van der Waals surface area contributed by atoms with Crippen molar-refractivity contribution in [1.82, 2.24) is 14.5 Å². The molecule has 1 aliphatic rings. The molecule has 2 aromatic heterocycles. The first-order valence-corrected chi connectivity index (χ1v) is 9.31. The number of aromatic nitrogens is 3. The van der Waals surface area contributed by atoms with Gasteiger partial charge in [-0.25, -0.2) is 4.98 Å². The Bertz CT molecular complexity index is 832. The Kier molecular flexibility index (Phi) is 3.60. The molecule has 0 aliphatic carbocycles. The molecule has 0 bridgehead atoms. The quantitative estimate of drug-likeness (QED) is 0.622. The molecule has 0 fully saturated rings. The fourth-order valence-corrected chi connectivity index (χ4v) is 4.95. The Labute approximate surface area is 152 Å². The summed E-state index contributed by atoms with van der Waals surface area (Å²) in [4.78, 5) is 9.90. The summed E-state index contributed by atoms with van der Waals surface area (Å²) in [5, 5.41) is 0. The summed E-state index contributed by atoms with van der Waals surface area (Å²) in [7, 11) is 0. The van der Waals surface area contributed by atoms with Crippen molar-refractivity contribution in [2.75, 3.05) is 0 Å². The van der Waals surface area contributed by atoms with Crippen molar-refractivity contribution >= 4 is 0 Å². The van der Waals surface area contributed by atoms with Crippen molar-refractivity contribution in [3.63, 3.8) is 0 Å². The Morgan fingerprint density at radius 1 is 0.960 bits per heavy atom. The van der Waals surface area contributed by atoms with Crippen LogP contribution >= 0.6 is 0 Å². The van der Waals surface area contributed by atoms with E-state index in [1.54, 1.807) is 0 Å². The number of nitrogens with zero attached hydrogens (tertiary/aromatic N) is 3. The maximum atomic E-state index is 4.97. The van der Waals surface area contributed by atoms with Crippen LogP contribution in [0.2, 0.25) is 0 Å². The predicted molar refractivity (Wildman–Crippen MR) is 105 cm³/mol. The highest BCUT2D eigenvalue weighted by molar-refractivity contribution is 5.66. The first-order valence-electron chi connectivity index (χ1n) is 9.31. The summed E-state index contributed by atoms with van der Waals surface area (Å²) in [6, 6.07) is 4.22. The second-order valence-electron chi connectivity index (χ2n) is 10.0. The smallest absolute Gasteiger partial charge is 0.142 e. The zero-order valence-corrected chi connectivity index (χ0v) is 17.6. The minimum atomic E-state index is -0.166. The highest BCUT2D eigenvalue weighted by Gasteiger charge is 2.63. The van der Waals surface area contributed by atoms with Crippen molar-refractivity contribution in [3.8, 4) is 11.4 Å². The standard InChI is InChI=1S/C22H33N3/c1-14-15(2)25-18(24-14)16-12-11-13-23-17(16)21(9,19(3,4)5)22(25,10)20(6,7)8/h11-13H,1-10H3. The molecule has 3 heterocycles. The first-order chi connectivity index (χ1) is 11.3. The molecule has 2 aromatic rings. The second kappa shape index (κ2) is 4.96. The van der Waals surface area contributed by atoms with Crippen LogP contribution in [0, 0.1) is 24.7 Å². The fourth-order valence-electron chi connectivity index (χ4n) is 4.95. The van der Waals surface area contributed by atoms with E-state index in [1.807, 2.05) is 12.3 Å². The van der Waals surface area contributed by atoms with E-state index in [0.717, 1.165) is 11.5 Å². The van der Waals surface area contributed by atoms with Gasteiger partial charge in [0, 0.05) is 22.9 Å². The van der Waals surface area contributed by atoms with Gasteiger partial charge in [0.2, 0.25) is 0 Å². The van der Waals surface area contributed by atoms with Crippen LogP contribution in [0.15, 0.2) is 18.3 Å². The van der Waals surface area contributed by atoms with Gasteiger partial charge in [-0.05, 0) is 43.7 Å². The van der Waals surface area contributed by atoms with Crippen molar-refractivity contribution < 1.29 is 0 Å². The summed E-state index contributed by atoms with van der Waals surface area (Å²) >= 11 is 0. The van der Waals surface area contributed by atoms with Gasteiger partial charge in [-0.1, -0.05) is 48.5 Å². The van der Waals surface area contributed by atoms with Gasteiger partial charge in [0.05, 0.1) is 16.9 Å². The number of hydrogen-bond donors (Lipinski definition) is 0. The molecule has 0 aromatic carbocycles. The van der Waals surface area contributed by atoms with E-state index in [0.29, 0.717) is 0 Å². The van der Waals surface area contributed by atoms with Crippen LogP contribution in [0.5, 0.6) is 0 Å². The van der Waals surface area contributed by atoms with Crippen LogP contribution in [0.3, 0.4) is 0 Å². The Morgan fingerprint density at radius 2 is 1.56 bits per heavy atom. The van der Waals surface area contributed by atoms with Crippen LogP contribution in [-0.4, -0.2) is 14.5 Å². The van der Waals surface area contributed by atoms with Crippen molar-refractivity contribution in [3.05, 3.63) is 35.4 Å². The molecule has 0 spiro atoms. The highest BCUT2D eigenvalue weighted by Crippen LogP contribution is 2.63. The Balaban J connectivity index is 2.58. The zero-order chi connectivity index (χ0) is 19.0. The number of aryl methyl sites for hydroxylation is 1. The lowest BCUT2D eigenvalue weighted by molar-refractivity contribution is -0.0406. The van der Waals surface area contributed by atoms with Gasteiger partial charge in [-0.3, -0.25) is 4.98 Å². The number of fused-ring (bicyclic) bond motifs is 3. The molecule has 0 saturated heterocycles. The van der Waals surface area contributed by atoms with Gasteiger partial charge in [0.15, 0.2) is 0 Å². The molecule has 3 heteroatoms. The van der Waals surface area contributed by atoms with Crippen LogP contribution in [0.25, 0.3) is 11.4 Å². The second-order valence-corrected chi connectivity index (χ2v) is 10.0. The molecule has 2 unspecified atom stereocenters. The van der Waals surface area contributed by atoms with Crippen LogP contribution in [0.1, 0.15) is 72.5 Å². The van der Waals surface area contributed by atoms with Crippen molar-refractivity contribution in [2.45, 2.75) is 80.2 Å². The molecule has 3 rings (SSSR count). The molecule has 0 amide bonds. The summed E-state index contributed by atoms with van der Waals surface area (Å²) in [5.41, 5.74) is 4.46. The van der Waals surface area contributed by atoms with Crippen LogP contribution < -0.4 is 0 Å². The van der Waals surface area contributed by atoms with E-state index >= 15 is 0 Å². The third-order valence-electron chi connectivity index (χ3n) is 7.25. The van der Waals surface area contributed by atoms with Gasteiger partial charge in [-0.15, -0.1) is 0 Å². The molecule has 25 heavy (non-hydrogen) atoms. The number of pyridine rings is 1. The highest BCUT2D eigenvalue weighted by atomic mass is 15.2. The molecular weight excluding hydrogens is 306 g/mol. The Hall–Kier alpha value is -1.64. The topological polar surface area (TPSA) is 30.7 Å². The molecule has 0 N–H and O–H groups in total. The summed E-state index contributed by atoms with van der Waals surface area (Å²) in [6.45, 7) is 23.2. The van der Waals surface area contributed by atoms with Gasteiger partial charge < -0.3 is 4.57 Å². The van der Waals surface area contributed by atoms with Crippen molar-refractivity contribution in [1.29, 1.82) is 0 Å². The van der Waals surface area contributed by atoms with Gasteiger partial charge >= 0.3 is 0 Å². The number of imidazole rings is 1. The van der Waals surface area contributed by atoms with Crippen LogP contribution in [0.4, 0.5) is 0 Å². The average molecular weight is 340 g/mol. The maximum absolute atomic E-state index is 4.97.